The maximum Gasteiger partial charge on any atom is 0.326 e. The van der Waals surface area contributed by atoms with Crippen LogP contribution in [0, 0.1) is 10.1 Å². The molecule has 2 aromatic carbocycles. The molecule has 0 N–H and O–H groups in total. The van der Waals surface area contributed by atoms with Crippen LogP contribution in [0.1, 0.15) is 31.4 Å². The van der Waals surface area contributed by atoms with Gasteiger partial charge in [0.2, 0.25) is 0 Å². The van der Waals surface area contributed by atoms with Gasteiger partial charge in [0.1, 0.15) is 36.1 Å². The normalized spacial score (nSPS) is 12.6. The number of carbonyl (C=O) groups is 3. The lowest BCUT2D eigenvalue weighted by atomic mass is 10.1. The van der Waals surface area contributed by atoms with Gasteiger partial charge in [-0.25, -0.2) is 4.98 Å². The summed E-state index contributed by atoms with van der Waals surface area (Å²) in [4.78, 5) is 52.5. The van der Waals surface area contributed by atoms with E-state index in [0.29, 0.717) is 26.4 Å². The number of hydrogen-bond donors (Lipinski definition) is 0. The minimum Gasteiger partial charge on any atom is -0.486 e. The summed E-state index contributed by atoms with van der Waals surface area (Å²) in [6.45, 7) is -0.617. The fourth-order valence-electron chi connectivity index (χ4n) is 3.10. The van der Waals surface area contributed by atoms with Gasteiger partial charge in [0.25, 0.3) is 17.5 Å². The monoisotopic (exact) mass is 487 g/mol. The van der Waals surface area contributed by atoms with Crippen LogP contribution < -0.4 is 4.74 Å². The third-order valence-electron chi connectivity index (χ3n) is 4.62. The molecule has 0 aliphatic carbocycles. The van der Waals surface area contributed by atoms with Crippen molar-refractivity contribution in [3.8, 4) is 5.75 Å². The lowest BCUT2D eigenvalue weighted by Gasteiger charge is -2.12. The van der Waals surface area contributed by atoms with Crippen LogP contribution in [0.2, 0.25) is 5.02 Å². The van der Waals surface area contributed by atoms with Crippen molar-refractivity contribution < 1.29 is 28.8 Å². The van der Waals surface area contributed by atoms with Gasteiger partial charge in [-0.2, -0.15) is 0 Å². The molecule has 0 bridgehead atoms. The number of benzene rings is 2. The van der Waals surface area contributed by atoms with E-state index in [0.717, 1.165) is 6.07 Å². The van der Waals surface area contributed by atoms with E-state index >= 15 is 0 Å². The highest BCUT2D eigenvalue weighted by Gasteiger charge is 2.41. The Balaban J connectivity index is 1.31. The number of esters is 1. The molecule has 33 heavy (non-hydrogen) atoms. The Morgan fingerprint density at radius 1 is 1.12 bits per heavy atom. The number of carbonyl (C=O) groups excluding carboxylic acids is 3. The SMILES string of the molecule is O=C(CN1C(=O)c2cccc([N+](=O)[O-])c2C1=O)OCc1csc(COc2ccc(Cl)cc2)n1. The zero-order chi connectivity index (χ0) is 23.5. The summed E-state index contributed by atoms with van der Waals surface area (Å²) < 4.78 is 10.7. The second kappa shape index (κ2) is 9.35. The Bertz CT molecular complexity index is 1260. The van der Waals surface area contributed by atoms with E-state index in [9.17, 15) is 24.5 Å². The first-order valence-corrected chi connectivity index (χ1v) is 10.7. The van der Waals surface area contributed by atoms with Gasteiger partial charge in [-0.3, -0.25) is 29.4 Å². The van der Waals surface area contributed by atoms with Gasteiger partial charge in [0.15, 0.2) is 0 Å². The zero-order valence-electron chi connectivity index (χ0n) is 16.7. The quantitative estimate of drug-likeness (QED) is 0.204. The molecule has 0 unspecified atom stereocenters. The molecule has 0 atom stereocenters. The number of ether oxygens (including phenoxy) is 2. The molecule has 1 aliphatic heterocycles. The van der Waals surface area contributed by atoms with Crippen molar-refractivity contribution in [2.45, 2.75) is 13.2 Å². The summed E-state index contributed by atoms with van der Waals surface area (Å²) in [5.74, 6) is -1.91. The summed E-state index contributed by atoms with van der Waals surface area (Å²) in [5, 5.41) is 14.1. The van der Waals surface area contributed by atoms with Crippen molar-refractivity contribution >= 4 is 46.4 Å². The first kappa shape index (κ1) is 22.4. The van der Waals surface area contributed by atoms with Crippen molar-refractivity contribution in [2.75, 3.05) is 6.54 Å². The zero-order valence-corrected chi connectivity index (χ0v) is 18.3. The highest BCUT2D eigenvalue weighted by atomic mass is 35.5. The molecule has 1 aliphatic rings. The van der Waals surface area contributed by atoms with Crippen LogP contribution in [0.15, 0.2) is 47.8 Å². The molecule has 2 amide bonds. The van der Waals surface area contributed by atoms with Gasteiger partial charge < -0.3 is 9.47 Å². The summed E-state index contributed by atoms with van der Waals surface area (Å²) in [7, 11) is 0. The predicted octanol–water partition coefficient (Wildman–Crippen LogP) is 3.62. The lowest BCUT2D eigenvalue weighted by molar-refractivity contribution is -0.385. The van der Waals surface area contributed by atoms with Crippen molar-refractivity contribution in [1.82, 2.24) is 9.88 Å². The number of nitrogens with zero attached hydrogens (tertiary/aromatic N) is 3. The van der Waals surface area contributed by atoms with E-state index in [-0.39, 0.29) is 24.3 Å². The van der Waals surface area contributed by atoms with Crippen LogP contribution in [0.5, 0.6) is 5.75 Å². The Morgan fingerprint density at radius 2 is 1.88 bits per heavy atom. The van der Waals surface area contributed by atoms with Gasteiger partial charge in [-0.1, -0.05) is 17.7 Å². The Kier molecular flexibility index (Phi) is 6.33. The molecule has 12 heteroatoms. The van der Waals surface area contributed by atoms with Gasteiger partial charge >= 0.3 is 5.97 Å². The smallest absolute Gasteiger partial charge is 0.326 e. The third-order valence-corrected chi connectivity index (χ3v) is 5.74. The molecule has 4 rings (SSSR count). The number of fused-ring (bicyclic) bond motifs is 1. The first-order valence-electron chi connectivity index (χ1n) is 9.44. The minimum atomic E-state index is -0.908. The Morgan fingerprint density at radius 3 is 2.61 bits per heavy atom. The van der Waals surface area contributed by atoms with Crippen molar-refractivity contribution in [2.24, 2.45) is 0 Å². The summed E-state index contributed by atoms with van der Waals surface area (Å²) in [5.41, 5.74) is -0.462. The molecule has 0 saturated heterocycles. The number of hydrogen-bond acceptors (Lipinski definition) is 9. The van der Waals surface area contributed by atoms with Crippen molar-refractivity contribution in [1.29, 1.82) is 0 Å². The number of thiazole rings is 1. The summed E-state index contributed by atoms with van der Waals surface area (Å²) in [6, 6.07) is 10.6. The number of imide groups is 1. The number of nitro benzene ring substituents is 1. The molecule has 3 aromatic rings. The average Bonchev–Trinajstić information content (AvgIpc) is 3.35. The largest absolute Gasteiger partial charge is 0.486 e. The number of rotatable bonds is 8. The lowest BCUT2D eigenvalue weighted by Crippen LogP contribution is -2.35. The average molecular weight is 488 g/mol. The van der Waals surface area contributed by atoms with E-state index in [1.54, 1.807) is 29.6 Å². The van der Waals surface area contributed by atoms with Crippen LogP contribution in [0.25, 0.3) is 0 Å². The van der Waals surface area contributed by atoms with Crippen LogP contribution in [-0.2, 0) is 22.7 Å². The van der Waals surface area contributed by atoms with Gasteiger partial charge in [0, 0.05) is 16.5 Å². The molecule has 0 fully saturated rings. The van der Waals surface area contributed by atoms with E-state index in [1.807, 2.05) is 0 Å². The maximum atomic E-state index is 12.5. The van der Waals surface area contributed by atoms with E-state index in [2.05, 4.69) is 4.98 Å². The molecular formula is C21H14ClN3O7S. The standard InChI is InChI=1S/C21H14ClN3O7S/c22-12-4-6-14(7-5-12)31-10-17-23-13(11-33-17)9-32-18(26)8-24-20(27)15-2-1-3-16(25(29)30)19(15)21(24)28/h1-7,11H,8-10H2. The predicted molar refractivity (Wildman–Crippen MR) is 116 cm³/mol. The van der Waals surface area contributed by atoms with Crippen LogP contribution in [0.4, 0.5) is 5.69 Å². The summed E-state index contributed by atoms with van der Waals surface area (Å²) in [6.07, 6.45) is 0. The number of halogens is 1. The number of amides is 2. The van der Waals surface area contributed by atoms with Crippen LogP contribution >= 0.6 is 22.9 Å². The van der Waals surface area contributed by atoms with E-state index in [4.69, 9.17) is 21.1 Å². The number of aromatic nitrogens is 1. The molecule has 0 radical (unpaired) electrons. The second-order valence-corrected chi connectivity index (χ2v) is 8.17. The molecule has 10 nitrogen and oxygen atoms in total. The fraction of sp³-hybridized carbons (Fsp3) is 0.143. The van der Waals surface area contributed by atoms with Crippen molar-refractivity contribution in [3.63, 3.8) is 0 Å². The fourth-order valence-corrected chi connectivity index (χ4v) is 3.91. The number of nitro groups is 1. The van der Waals surface area contributed by atoms with Gasteiger partial charge in [0.05, 0.1) is 16.2 Å². The Hall–Kier alpha value is -3.83. The van der Waals surface area contributed by atoms with E-state index < -0.39 is 34.9 Å². The molecule has 0 saturated carbocycles. The maximum absolute atomic E-state index is 12.5. The molecule has 0 spiro atoms. The highest BCUT2D eigenvalue weighted by Crippen LogP contribution is 2.30. The molecule has 2 heterocycles. The highest BCUT2D eigenvalue weighted by molar-refractivity contribution is 7.09. The third kappa shape index (κ3) is 4.83. The van der Waals surface area contributed by atoms with Crippen LogP contribution in [0.3, 0.4) is 0 Å². The van der Waals surface area contributed by atoms with Gasteiger partial charge in [-0.05, 0) is 30.3 Å². The van der Waals surface area contributed by atoms with Crippen LogP contribution in [-0.4, -0.2) is 39.1 Å². The van der Waals surface area contributed by atoms with Gasteiger partial charge in [-0.15, -0.1) is 11.3 Å². The van der Waals surface area contributed by atoms with Crippen molar-refractivity contribution in [3.05, 3.63) is 84.8 Å². The first-order chi connectivity index (χ1) is 15.8. The molecule has 168 valence electrons. The van der Waals surface area contributed by atoms with E-state index in [1.165, 1.54) is 23.5 Å². The molecular weight excluding hydrogens is 474 g/mol. The Labute approximate surface area is 195 Å². The summed E-state index contributed by atoms with van der Waals surface area (Å²) >= 11 is 7.15. The topological polar surface area (TPSA) is 129 Å². The molecule has 1 aromatic heterocycles. The minimum absolute atomic E-state index is 0.119. The second-order valence-electron chi connectivity index (χ2n) is 6.79.